The molecule has 4 aliphatic rings. The number of carboxylic acids is 1. The molecule has 1 saturated heterocycles. The van der Waals surface area contributed by atoms with E-state index in [4.69, 9.17) is 23.7 Å². The lowest BCUT2D eigenvalue weighted by molar-refractivity contribution is -0.842. The Morgan fingerprint density at radius 3 is 2.47 bits per heavy atom. The second-order valence-corrected chi connectivity index (χ2v) is 12.5. The second kappa shape index (κ2) is 16.3. The molecule has 17 nitrogen and oxygen atoms in total. The number of hydrogen-bond acceptors (Lipinski definition) is 15. The number of aliphatic hydroxyl groups excluding tert-OH is 3. The lowest BCUT2D eigenvalue weighted by Crippen LogP contribution is -3.08. The highest BCUT2D eigenvalue weighted by Crippen LogP contribution is 2.42. The normalized spacial score (nSPS) is 34.3. The fraction of sp³-hybridized carbons (Fsp3) is 0.625. The van der Waals surface area contributed by atoms with Gasteiger partial charge in [0.05, 0.1) is 25.9 Å². The number of ether oxygens (including phenoxy) is 5. The van der Waals surface area contributed by atoms with Crippen LogP contribution in [0.5, 0.6) is 0 Å². The number of carboxylic acid groups (broad SMARTS) is 1. The van der Waals surface area contributed by atoms with E-state index in [1.165, 1.54) is 37.6 Å². The largest absolute Gasteiger partial charge is 0.477 e. The molecule has 8 unspecified atom stereocenters. The van der Waals surface area contributed by atoms with Crippen molar-refractivity contribution in [2.24, 2.45) is 5.92 Å². The van der Waals surface area contributed by atoms with Gasteiger partial charge < -0.3 is 69.4 Å². The van der Waals surface area contributed by atoms with Crippen LogP contribution in [-0.2, 0) is 33.3 Å². The molecule has 49 heavy (non-hydrogen) atoms. The molecule has 0 amide bonds. The van der Waals surface area contributed by atoms with Crippen molar-refractivity contribution in [1.29, 1.82) is 0 Å². The molecule has 1 aliphatic carbocycles. The predicted octanol–water partition coefficient (Wildman–Crippen LogP) is -3.36. The van der Waals surface area contributed by atoms with Crippen LogP contribution in [0.3, 0.4) is 0 Å². The summed E-state index contributed by atoms with van der Waals surface area (Å²) in [6, 6.07) is 0. The highest BCUT2D eigenvalue weighted by Gasteiger charge is 2.58. The van der Waals surface area contributed by atoms with Gasteiger partial charge in [0.15, 0.2) is 12.4 Å². The van der Waals surface area contributed by atoms with Gasteiger partial charge in [0.1, 0.15) is 54.5 Å². The lowest BCUT2D eigenvalue weighted by atomic mass is 9.78. The van der Waals surface area contributed by atoms with E-state index >= 15 is 0 Å². The molecule has 3 heterocycles. The van der Waals surface area contributed by atoms with Crippen LogP contribution in [0.15, 0.2) is 60.1 Å². The van der Waals surface area contributed by atoms with Crippen LogP contribution in [0.4, 0.5) is 0 Å². The number of aliphatic carboxylic acids is 1. The molecule has 3 aliphatic heterocycles. The number of carbonyl (C=O) groups is 2. The Bertz CT molecular complexity index is 1320. The van der Waals surface area contributed by atoms with Crippen LogP contribution in [0.25, 0.3) is 0 Å². The fourth-order valence-electron chi connectivity index (χ4n) is 6.26. The van der Waals surface area contributed by atoms with Crippen molar-refractivity contribution >= 4 is 11.9 Å². The van der Waals surface area contributed by atoms with Gasteiger partial charge in [0, 0.05) is 18.4 Å². The third-order valence-corrected chi connectivity index (χ3v) is 8.93. The van der Waals surface area contributed by atoms with Crippen LogP contribution in [0.2, 0.25) is 0 Å². The molecule has 0 bridgehead atoms. The summed E-state index contributed by atoms with van der Waals surface area (Å²) in [4.78, 5) is 26.1. The van der Waals surface area contributed by atoms with Gasteiger partial charge in [0.25, 0.3) is 0 Å². The summed E-state index contributed by atoms with van der Waals surface area (Å²) < 4.78 is 28.3. The molecule has 4 rings (SSSR count). The zero-order valence-electron chi connectivity index (χ0n) is 27.1. The highest BCUT2D eigenvalue weighted by atomic mass is 16.8. The Kier molecular flexibility index (Phi) is 12.9. The van der Waals surface area contributed by atoms with Crippen LogP contribution in [0, 0.1) is 5.92 Å². The maximum Gasteiger partial charge on any atom is 0.342 e. The predicted molar refractivity (Wildman–Crippen MR) is 165 cm³/mol. The number of rotatable bonds is 14. The van der Waals surface area contributed by atoms with Crippen molar-refractivity contribution < 1.29 is 79.0 Å². The molecular weight excluding hydrogens is 652 g/mol. The topological polar surface area (TPSA) is 259 Å². The fourth-order valence-corrected chi connectivity index (χ4v) is 6.26. The molecule has 0 aromatic rings. The van der Waals surface area contributed by atoms with Crippen LogP contribution in [0.1, 0.15) is 32.1 Å². The molecule has 0 spiro atoms. The third kappa shape index (κ3) is 8.65. The summed E-state index contributed by atoms with van der Waals surface area (Å²) in [5.74, 6) is -8.51. The van der Waals surface area contributed by atoms with Crippen LogP contribution >= 0.6 is 0 Å². The van der Waals surface area contributed by atoms with E-state index in [0.717, 1.165) is 12.7 Å². The molecule has 0 aromatic heterocycles. The number of aliphatic hydroxyl groups is 7. The Morgan fingerprint density at radius 1 is 1.14 bits per heavy atom. The van der Waals surface area contributed by atoms with Gasteiger partial charge in [-0.3, -0.25) is 5.32 Å². The molecule has 17 heteroatoms. The van der Waals surface area contributed by atoms with Crippen molar-refractivity contribution in [3.8, 4) is 0 Å². The number of carbonyl (C=O) groups excluding carboxylic acids is 1. The molecule has 0 aromatic carbocycles. The van der Waals surface area contributed by atoms with Gasteiger partial charge in [-0.15, -0.1) is 6.58 Å². The van der Waals surface area contributed by atoms with Gasteiger partial charge in [-0.25, -0.2) is 9.59 Å². The highest BCUT2D eigenvalue weighted by molar-refractivity contribution is 5.92. The van der Waals surface area contributed by atoms with E-state index in [1.54, 1.807) is 0 Å². The minimum Gasteiger partial charge on any atom is -0.477 e. The van der Waals surface area contributed by atoms with Crippen molar-refractivity contribution in [3.05, 3.63) is 60.1 Å². The Morgan fingerprint density at radius 2 is 1.86 bits per heavy atom. The van der Waals surface area contributed by atoms with Crippen molar-refractivity contribution in [2.75, 3.05) is 40.1 Å². The maximum atomic E-state index is 13.6. The van der Waals surface area contributed by atoms with E-state index in [9.17, 15) is 50.4 Å². The van der Waals surface area contributed by atoms with Gasteiger partial charge in [-0.2, -0.15) is 0 Å². The van der Waals surface area contributed by atoms with Gasteiger partial charge in [-0.05, 0) is 32.0 Å². The first-order chi connectivity index (χ1) is 23.2. The maximum absolute atomic E-state index is 13.6. The number of esters is 1. The number of quaternary nitrogens is 1. The second-order valence-electron chi connectivity index (χ2n) is 12.5. The van der Waals surface area contributed by atoms with E-state index < -0.39 is 78.1 Å². The molecule has 274 valence electrons. The van der Waals surface area contributed by atoms with Crippen LogP contribution < -0.4 is 10.2 Å². The smallest absolute Gasteiger partial charge is 0.342 e. The summed E-state index contributed by atoms with van der Waals surface area (Å²) in [5.41, 5.74) is -2.49. The molecule has 2 fully saturated rings. The zero-order valence-corrected chi connectivity index (χ0v) is 27.1. The molecule has 8 atom stereocenters. The minimum atomic E-state index is -2.99. The summed E-state index contributed by atoms with van der Waals surface area (Å²) >= 11 is 0. The van der Waals surface area contributed by atoms with Gasteiger partial charge in [-0.1, -0.05) is 18.6 Å². The Hall–Kier alpha value is -3.04. The van der Waals surface area contributed by atoms with Crippen molar-refractivity contribution in [1.82, 2.24) is 5.32 Å². The van der Waals surface area contributed by atoms with Crippen LogP contribution in [-0.4, -0.2) is 141 Å². The first-order valence-electron chi connectivity index (χ1n) is 16.0. The van der Waals surface area contributed by atoms with Gasteiger partial charge >= 0.3 is 11.9 Å². The van der Waals surface area contributed by atoms with E-state index in [-0.39, 0.29) is 44.8 Å². The first-order valence-corrected chi connectivity index (χ1v) is 16.0. The van der Waals surface area contributed by atoms with Crippen molar-refractivity contribution in [2.45, 2.75) is 80.2 Å². The van der Waals surface area contributed by atoms with E-state index in [0.29, 0.717) is 23.3 Å². The standard InChI is InChI=1S/C32H46N2O15/c1-3-21-28(48-29-25(46-18-33-2)32(43,44)24(37)23(16-36)47-29)45-17-22(27(40)49-30(41)8-5-4-6-9-30)31(21,42)10-7-19-13-20(26(38)39)15-34(14-19)11-12-35/h3,7,10,13,15,17,21,23-25,28-29,33,35-37,41-44H,1,4-6,8-9,11-12,14,16,18H2,2H3,(H,38,39)/p+1. The molecule has 0 radical (unpaired) electrons. The van der Waals surface area contributed by atoms with E-state index in [1.807, 2.05) is 0 Å². The summed E-state index contributed by atoms with van der Waals surface area (Å²) in [5, 5.41) is 86.9. The lowest BCUT2D eigenvalue weighted by Gasteiger charge is -2.48. The minimum absolute atomic E-state index is 0.0660. The average Bonchev–Trinajstić information content (AvgIpc) is 3.05. The monoisotopic (exact) mass is 699 g/mol. The SMILES string of the molecule is C=CC1C(OC2OC(CO)C(O)C(O)(O)C2OCNC)OC=C(C(=O)OC2(O)CCCCC2)C1(O)C=CC1=CC(C(=O)O)=C[NH+](CCO)C1. The van der Waals surface area contributed by atoms with Gasteiger partial charge in [0.2, 0.25) is 17.9 Å². The van der Waals surface area contributed by atoms with Crippen molar-refractivity contribution in [3.63, 3.8) is 0 Å². The number of nitrogens with one attached hydrogen (secondary N) is 2. The van der Waals surface area contributed by atoms with E-state index in [2.05, 4.69) is 11.9 Å². The molecule has 1 saturated carbocycles. The Labute approximate surface area is 282 Å². The summed E-state index contributed by atoms with van der Waals surface area (Å²) in [7, 11) is 1.50. The Balaban J connectivity index is 1.73. The average molecular weight is 700 g/mol. The summed E-state index contributed by atoms with van der Waals surface area (Å²) in [6.45, 7) is 2.85. The summed E-state index contributed by atoms with van der Waals surface area (Å²) in [6.07, 6.45) is 1.17. The quantitative estimate of drug-likeness (QED) is 0.0482. The zero-order chi connectivity index (χ0) is 36.0. The number of hydrogen-bond donors (Lipinski definition) is 10. The molecular formula is C32H47N2O15+. The molecule has 10 N–H and O–H groups in total. The first kappa shape index (κ1) is 38.8. The third-order valence-electron chi connectivity index (χ3n) is 8.93.